The zero-order chi connectivity index (χ0) is 10.9. The van der Waals surface area contributed by atoms with Crippen molar-refractivity contribution in [1.29, 1.82) is 5.41 Å². The van der Waals surface area contributed by atoms with Gasteiger partial charge in [0.05, 0.1) is 12.9 Å². The molecule has 13 heavy (non-hydrogen) atoms. The van der Waals surface area contributed by atoms with E-state index in [2.05, 4.69) is 9.47 Å². The standard InChI is InChI=1S/C4H10N2O2.CH4O3S/c1-7-2-3-8-4(5)6;1-5(2,3)4/h2-3H2,1H3,(H3,5,6);1H3,(H,2,3,4). The molecule has 8 heteroatoms. The summed E-state index contributed by atoms with van der Waals surface area (Å²) >= 11 is 0. The monoisotopic (exact) mass is 214 g/mol. The van der Waals surface area contributed by atoms with Crippen LogP contribution in [-0.4, -0.2) is 45.6 Å². The summed E-state index contributed by atoms with van der Waals surface area (Å²) < 4.78 is 35.0. The molecule has 80 valence electrons. The van der Waals surface area contributed by atoms with Gasteiger partial charge in [0, 0.05) is 7.11 Å². The molecule has 0 aromatic carbocycles. The summed E-state index contributed by atoms with van der Waals surface area (Å²) in [5.74, 6) is 0. The van der Waals surface area contributed by atoms with E-state index < -0.39 is 10.1 Å². The maximum atomic E-state index is 9.19. The number of hydrogen-bond donors (Lipinski definition) is 3. The van der Waals surface area contributed by atoms with Crippen molar-refractivity contribution in [3.8, 4) is 0 Å². The maximum absolute atomic E-state index is 9.19. The molecule has 0 aromatic rings. The van der Waals surface area contributed by atoms with E-state index in [0.29, 0.717) is 19.5 Å². The fourth-order valence-corrected chi connectivity index (χ4v) is 0.235. The van der Waals surface area contributed by atoms with E-state index in [0.717, 1.165) is 0 Å². The van der Waals surface area contributed by atoms with Crippen molar-refractivity contribution < 1.29 is 22.4 Å². The predicted octanol–water partition coefficient (Wildman–Crippen LogP) is -0.953. The maximum Gasteiger partial charge on any atom is 0.279 e. The lowest BCUT2D eigenvalue weighted by Crippen LogP contribution is -2.16. The molecular weight excluding hydrogens is 200 g/mol. The van der Waals surface area contributed by atoms with Crippen molar-refractivity contribution in [2.24, 2.45) is 5.73 Å². The number of ether oxygens (including phenoxy) is 2. The van der Waals surface area contributed by atoms with E-state index in [9.17, 15) is 8.42 Å². The van der Waals surface area contributed by atoms with Crippen LogP contribution in [0.15, 0.2) is 0 Å². The molecule has 0 atom stereocenters. The second-order valence-electron chi connectivity index (χ2n) is 1.94. The average Bonchev–Trinajstić information content (AvgIpc) is 1.83. The van der Waals surface area contributed by atoms with Gasteiger partial charge in [0.1, 0.15) is 6.61 Å². The molecule has 0 saturated carbocycles. The number of methoxy groups -OCH3 is 1. The Balaban J connectivity index is 0. The first-order valence-electron chi connectivity index (χ1n) is 3.15. The van der Waals surface area contributed by atoms with Crippen LogP contribution < -0.4 is 5.73 Å². The second kappa shape index (κ2) is 7.77. The molecule has 7 nitrogen and oxygen atoms in total. The van der Waals surface area contributed by atoms with Crippen LogP contribution in [0.25, 0.3) is 0 Å². The minimum atomic E-state index is -3.67. The first kappa shape index (κ1) is 14.7. The zero-order valence-electron chi connectivity index (χ0n) is 7.48. The Bertz CT molecular complexity index is 217. The molecule has 0 fully saturated rings. The van der Waals surface area contributed by atoms with Gasteiger partial charge in [-0.1, -0.05) is 0 Å². The van der Waals surface area contributed by atoms with Crippen molar-refractivity contribution in [1.82, 2.24) is 0 Å². The summed E-state index contributed by atoms with van der Waals surface area (Å²) in [4.78, 5) is 0. The van der Waals surface area contributed by atoms with Gasteiger partial charge in [-0.05, 0) is 0 Å². The van der Waals surface area contributed by atoms with Crippen LogP contribution >= 0.6 is 0 Å². The molecule has 0 amide bonds. The highest BCUT2D eigenvalue weighted by atomic mass is 32.2. The lowest BCUT2D eigenvalue weighted by Gasteiger charge is -1.99. The molecule has 0 heterocycles. The molecule has 0 aliphatic rings. The summed E-state index contributed by atoms with van der Waals surface area (Å²) in [6, 6.07) is -0.262. The molecule has 0 aliphatic heterocycles. The van der Waals surface area contributed by atoms with Crippen LogP contribution in [0.5, 0.6) is 0 Å². The average molecular weight is 214 g/mol. The van der Waals surface area contributed by atoms with Crippen molar-refractivity contribution in [2.45, 2.75) is 0 Å². The Morgan fingerprint density at radius 3 is 2.15 bits per heavy atom. The third-order valence-electron chi connectivity index (χ3n) is 0.545. The molecule has 0 unspecified atom stereocenters. The number of hydrogen-bond acceptors (Lipinski definition) is 5. The molecule has 0 rings (SSSR count). The van der Waals surface area contributed by atoms with E-state index in [1.54, 1.807) is 7.11 Å². The molecule has 4 N–H and O–H groups in total. The lowest BCUT2D eigenvalue weighted by molar-refractivity contribution is 0.139. The second-order valence-corrected chi connectivity index (χ2v) is 3.40. The normalized spacial score (nSPS) is 9.77. The minimum absolute atomic E-state index is 0.262. The van der Waals surface area contributed by atoms with Crippen LogP contribution in [-0.2, 0) is 19.6 Å². The van der Waals surface area contributed by atoms with Gasteiger partial charge in [0.15, 0.2) is 0 Å². The molecule has 0 radical (unpaired) electrons. The topological polar surface area (TPSA) is 123 Å². The highest BCUT2D eigenvalue weighted by Crippen LogP contribution is 1.71. The summed E-state index contributed by atoms with van der Waals surface area (Å²) in [7, 11) is -2.11. The Labute approximate surface area is 77.1 Å². The summed E-state index contributed by atoms with van der Waals surface area (Å²) in [5, 5.41) is 6.57. The highest BCUT2D eigenvalue weighted by Gasteiger charge is 1.85. The third-order valence-corrected chi connectivity index (χ3v) is 0.545. The fraction of sp³-hybridized carbons (Fsp3) is 0.800. The van der Waals surface area contributed by atoms with Gasteiger partial charge in [0.2, 0.25) is 0 Å². The quantitative estimate of drug-likeness (QED) is 0.241. The van der Waals surface area contributed by atoms with E-state index >= 15 is 0 Å². The van der Waals surface area contributed by atoms with Gasteiger partial charge >= 0.3 is 0 Å². The Kier molecular flexibility index (Phi) is 8.76. The highest BCUT2D eigenvalue weighted by molar-refractivity contribution is 7.85. The summed E-state index contributed by atoms with van der Waals surface area (Å²) in [6.45, 7) is 0.825. The smallest absolute Gasteiger partial charge is 0.279 e. The van der Waals surface area contributed by atoms with Crippen molar-refractivity contribution >= 4 is 16.1 Å². The lowest BCUT2D eigenvalue weighted by atomic mass is 10.8. The van der Waals surface area contributed by atoms with Crippen molar-refractivity contribution in [3.63, 3.8) is 0 Å². The minimum Gasteiger partial charge on any atom is -0.463 e. The van der Waals surface area contributed by atoms with Gasteiger partial charge in [-0.3, -0.25) is 9.96 Å². The van der Waals surface area contributed by atoms with Crippen LogP contribution in [0.1, 0.15) is 0 Å². The van der Waals surface area contributed by atoms with Crippen molar-refractivity contribution in [2.75, 3.05) is 26.6 Å². The van der Waals surface area contributed by atoms with Crippen molar-refractivity contribution in [3.05, 3.63) is 0 Å². The van der Waals surface area contributed by atoms with E-state index in [1.165, 1.54) is 0 Å². The van der Waals surface area contributed by atoms with E-state index in [1.807, 2.05) is 0 Å². The van der Waals surface area contributed by atoms with E-state index in [4.69, 9.17) is 15.7 Å². The zero-order valence-corrected chi connectivity index (χ0v) is 8.30. The third kappa shape index (κ3) is 54.3. The van der Waals surface area contributed by atoms with Crippen LogP contribution in [0, 0.1) is 5.41 Å². The number of amidine groups is 1. The van der Waals surface area contributed by atoms with Gasteiger partial charge in [-0.2, -0.15) is 8.42 Å². The molecule has 0 aliphatic carbocycles. The Hall–Kier alpha value is -0.860. The number of nitrogens with one attached hydrogen (secondary N) is 1. The summed E-state index contributed by atoms with van der Waals surface area (Å²) in [5.41, 5.74) is 4.84. The fourth-order valence-electron chi connectivity index (χ4n) is 0.235. The van der Waals surface area contributed by atoms with Gasteiger partial charge in [-0.15, -0.1) is 0 Å². The van der Waals surface area contributed by atoms with Gasteiger partial charge in [0.25, 0.3) is 16.1 Å². The van der Waals surface area contributed by atoms with Gasteiger partial charge in [-0.25, -0.2) is 0 Å². The number of nitrogens with two attached hydrogens (primary N) is 1. The van der Waals surface area contributed by atoms with Crippen LogP contribution in [0.4, 0.5) is 0 Å². The largest absolute Gasteiger partial charge is 0.463 e. The molecular formula is C5H14N2O5S. The first-order chi connectivity index (χ1) is 5.77. The Morgan fingerprint density at radius 1 is 1.54 bits per heavy atom. The van der Waals surface area contributed by atoms with Crippen LogP contribution in [0.2, 0.25) is 0 Å². The first-order valence-corrected chi connectivity index (χ1v) is 5.00. The molecule has 0 spiro atoms. The number of rotatable bonds is 3. The Morgan fingerprint density at radius 2 is 1.92 bits per heavy atom. The molecule has 0 saturated heterocycles. The predicted molar refractivity (Wildman–Crippen MR) is 47.2 cm³/mol. The SMILES string of the molecule is COCCOC(=N)N.CS(=O)(=O)O. The molecule has 0 bridgehead atoms. The van der Waals surface area contributed by atoms with Gasteiger partial charge < -0.3 is 15.2 Å². The van der Waals surface area contributed by atoms with E-state index in [-0.39, 0.29) is 6.02 Å². The summed E-state index contributed by atoms with van der Waals surface area (Å²) in [6.07, 6.45) is 0.715. The molecule has 0 aromatic heterocycles. The van der Waals surface area contributed by atoms with Crippen LogP contribution in [0.3, 0.4) is 0 Å².